The van der Waals surface area contributed by atoms with Crippen LogP contribution in [-0.2, 0) is 33.1 Å². The molecule has 1 aromatic heterocycles. The van der Waals surface area contributed by atoms with E-state index in [1.165, 1.54) is 31.1 Å². The van der Waals surface area contributed by atoms with Crippen molar-refractivity contribution in [3.63, 3.8) is 0 Å². The van der Waals surface area contributed by atoms with Crippen LogP contribution in [0.5, 0.6) is 0 Å². The number of fused-ring (bicyclic) bond motifs is 1. The van der Waals surface area contributed by atoms with Gasteiger partial charge in [-0.2, -0.15) is 0 Å². The van der Waals surface area contributed by atoms with Gasteiger partial charge in [0.2, 0.25) is 15.9 Å². The zero-order chi connectivity index (χ0) is 20.4. The normalized spacial score (nSPS) is 11.9. The number of carbonyl (C=O) groups excluding carboxylic acids is 1. The van der Waals surface area contributed by atoms with Gasteiger partial charge in [-0.25, -0.2) is 17.7 Å². The number of aliphatic carboxylic acids is 1. The summed E-state index contributed by atoms with van der Waals surface area (Å²) in [5.41, 5.74) is 1.32. The molecule has 0 radical (unpaired) electrons. The Balaban J connectivity index is 2.17. The molecule has 1 heterocycles. The van der Waals surface area contributed by atoms with Gasteiger partial charge in [0.05, 0.1) is 22.3 Å². The van der Waals surface area contributed by atoms with Crippen LogP contribution < -0.4 is 0 Å². The Labute approximate surface area is 158 Å². The van der Waals surface area contributed by atoms with Crippen LogP contribution in [0, 0.1) is 0 Å². The van der Waals surface area contributed by atoms with Crippen molar-refractivity contribution in [3.05, 3.63) is 24.0 Å². The first-order valence-corrected chi connectivity index (χ1v) is 9.81. The highest BCUT2D eigenvalue weighted by atomic mass is 32.2. The van der Waals surface area contributed by atoms with Crippen LogP contribution >= 0.6 is 0 Å². The number of imidazole rings is 1. The maximum atomic E-state index is 12.3. The Bertz CT molecular complexity index is 965. The number of carboxylic acids is 1. The molecule has 148 valence electrons. The zero-order valence-corrected chi connectivity index (χ0v) is 16.7. The number of amides is 1. The predicted octanol–water partition coefficient (Wildman–Crippen LogP) is 0.689. The number of aryl methyl sites for hydroxylation is 2. The highest BCUT2D eigenvalue weighted by Gasteiger charge is 2.19. The summed E-state index contributed by atoms with van der Waals surface area (Å²) in [6.07, 6.45) is 0.463. The summed E-state index contributed by atoms with van der Waals surface area (Å²) >= 11 is 0. The third-order valence-corrected chi connectivity index (χ3v) is 6.18. The number of rotatable bonds is 8. The fourth-order valence-corrected chi connectivity index (χ4v) is 3.54. The van der Waals surface area contributed by atoms with Crippen molar-refractivity contribution in [2.24, 2.45) is 7.05 Å². The Hall–Kier alpha value is -2.46. The maximum Gasteiger partial charge on any atom is 0.305 e. The number of carboxylic acid groups (broad SMARTS) is 1. The SMILES string of the molecule is CN(CCC(=O)O)C(=O)CCc1nc2cc(S(=O)(=O)N(C)C)ccc2n1C. The third kappa shape index (κ3) is 4.64. The van der Waals surface area contributed by atoms with Crippen molar-refractivity contribution in [1.29, 1.82) is 0 Å². The highest BCUT2D eigenvalue weighted by Crippen LogP contribution is 2.22. The molecule has 1 amide bonds. The molecule has 0 aliphatic carbocycles. The minimum atomic E-state index is -3.55. The van der Waals surface area contributed by atoms with Crippen LogP contribution in [-0.4, -0.2) is 71.8 Å². The maximum absolute atomic E-state index is 12.3. The van der Waals surface area contributed by atoms with Crippen molar-refractivity contribution in [2.45, 2.75) is 24.2 Å². The number of sulfonamides is 1. The second kappa shape index (κ2) is 8.05. The number of hydrogen-bond acceptors (Lipinski definition) is 5. The molecule has 2 aromatic rings. The number of benzene rings is 1. The van der Waals surface area contributed by atoms with Crippen LogP contribution in [0.4, 0.5) is 0 Å². The molecular weight excluding hydrogens is 372 g/mol. The summed E-state index contributed by atoms with van der Waals surface area (Å²) in [5.74, 6) is -0.461. The molecule has 0 unspecified atom stereocenters. The molecule has 2 rings (SSSR count). The second-order valence-electron chi connectivity index (χ2n) is 6.48. The number of hydrogen-bond donors (Lipinski definition) is 1. The van der Waals surface area contributed by atoms with Gasteiger partial charge < -0.3 is 14.6 Å². The van der Waals surface area contributed by atoms with E-state index in [2.05, 4.69) is 4.98 Å². The smallest absolute Gasteiger partial charge is 0.305 e. The molecule has 0 aliphatic rings. The second-order valence-corrected chi connectivity index (χ2v) is 8.64. The Morgan fingerprint density at radius 1 is 1.19 bits per heavy atom. The monoisotopic (exact) mass is 396 g/mol. The standard InChI is InChI=1S/C17H24N4O5S/c1-19(2)27(25,26)12-5-6-14-13(11-12)18-15(21(14)4)7-8-16(22)20(3)10-9-17(23)24/h5-6,11H,7-10H2,1-4H3,(H,23,24). The fourth-order valence-electron chi connectivity index (χ4n) is 2.62. The van der Waals surface area contributed by atoms with Crippen molar-refractivity contribution < 1.29 is 23.1 Å². The van der Waals surface area contributed by atoms with E-state index < -0.39 is 16.0 Å². The van der Waals surface area contributed by atoms with Crippen LogP contribution in [0.2, 0.25) is 0 Å². The molecule has 0 bridgehead atoms. The van der Waals surface area contributed by atoms with Gasteiger partial charge in [-0.15, -0.1) is 0 Å². The molecule has 0 atom stereocenters. The minimum Gasteiger partial charge on any atom is -0.481 e. The van der Waals surface area contributed by atoms with Crippen LogP contribution in [0.15, 0.2) is 23.1 Å². The van der Waals surface area contributed by atoms with Crippen molar-refractivity contribution >= 4 is 32.9 Å². The summed E-state index contributed by atoms with van der Waals surface area (Å²) in [4.78, 5) is 28.7. The highest BCUT2D eigenvalue weighted by molar-refractivity contribution is 7.89. The molecule has 27 heavy (non-hydrogen) atoms. The topological polar surface area (TPSA) is 113 Å². The molecule has 10 heteroatoms. The van der Waals surface area contributed by atoms with Crippen LogP contribution in [0.25, 0.3) is 11.0 Å². The van der Waals surface area contributed by atoms with Gasteiger partial charge in [0.25, 0.3) is 0 Å². The molecule has 0 spiro atoms. The van der Waals surface area contributed by atoms with Gasteiger partial charge in [-0.1, -0.05) is 0 Å². The van der Waals surface area contributed by atoms with Gasteiger partial charge in [0.15, 0.2) is 0 Å². The summed E-state index contributed by atoms with van der Waals surface area (Å²) in [6, 6.07) is 4.76. The number of aromatic nitrogens is 2. The predicted molar refractivity (Wildman–Crippen MR) is 99.8 cm³/mol. The largest absolute Gasteiger partial charge is 0.481 e. The average Bonchev–Trinajstić information content (AvgIpc) is 2.92. The van der Waals surface area contributed by atoms with Crippen molar-refractivity contribution in [1.82, 2.24) is 18.8 Å². The van der Waals surface area contributed by atoms with Gasteiger partial charge in [0, 0.05) is 47.6 Å². The molecule has 0 fully saturated rings. The van der Waals surface area contributed by atoms with Crippen molar-refractivity contribution in [3.8, 4) is 0 Å². The van der Waals surface area contributed by atoms with Gasteiger partial charge in [0.1, 0.15) is 5.82 Å². The Morgan fingerprint density at radius 3 is 2.44 bits per heavy atom. The third-order valence-electron chi connectivity index (χ3n) is 4.37. The van der Waals surface area contributed by atoms with E-state index in [0.717, 1.165) is 9.82 Å². The first-order valence-electron chi connectivity index (χ1n) is 8.37. The molecule has 0 aliphatic heterocycles. The van der Waals surface area contributed by atoms with Crippen LogP contribution in [0.3, 0.4) is 0 Å². The summed E-state index contributed by atoms with van der Waals surface area (Å²) in [5, 5.41) is 8.69. The minimum absolute atomic E-state index is 0.0995. The average molecular weight is 396 g/mol. The van der Waals surface area contributed by atoms with Gasteiger partial charge >= 0.3 is 5.97 Å². The molecule has 0 saturated heterocycles. The molecule has 1 aromatic carbocycles. The van der Waals surface area contributed by atoms with Gasteiger partial charge in [-0.3, -0.25) is 9.59 Å². The summed E-state index contributed by atoms with van der Waals surface area (Å²) in [6.45, 7) is 0.155. The van der Waals surface area contributed by atoms with E-state index >= 15 is 0 Å². The lowest BCUT2D eigenvalue weighted by molar-refractivity contribution is -0.138. The molecule has 1 N–H and O–H groups in total. The lowest BCUT2D eigenvalue weighted by atomic mass is 10.2. The quantitative estimate of drug-likeness (QED) is 0.702. The van der Waals surface area contributed by atoms with E-state index in [0.29, 0.717) is 17.8 Å². The van der Waals surface area contributed by atoms with E-state index in [1.54, 1.807) is 13.1 Å². The first kappa shape index (κ1) is 20.8. The Morgan fingerprint density at radius 2 is 1.85 bits per heavy atom. The van der Waals surface area contributed by atoms with Crippen LogP contribution in [0.1, 0.15) is 18.7 Å². The fraction of sp³-hybridized carbons (Fsp3) is 0.471. The Kier molecular flexibility index (Phi) is 6.22. The zero-order valence-electron chi connectivity index (χ0n) is 15.8. The van der Waals surface area contributed by atoms with E-state index in [9.17, 15) is 18.0 Å². The number of nitrogens with zero attached hydrogens (tertiary/aromatic N) is 4. The first-order chi connectivity index (χ1) is 12.5. The lowest BCUT2D eigenvalue weighted by Gasteiger charge is -2.15. The van der Waals surface area contributed by atoms with E-state index in [-0.39, 0.29) is 30.2 Å². The summed E-state index contributed by atoms with van der Waals surface area (Å²) in [7, 11) is 2.77. The number of carbonyl (C=O) groups is 2. The van der Waals surface area contributed by atoms with E-state index in [4.69, 9.17) is 5.11 Å². The van der Waals surface area contributed by atoms with E-state index in [1.807, 2.05) is 11.6 Å². The molecule has 0 saturated carbocycles. The lowest BCUT2D eigenvalue weighted by Crippen LogP contribution is -2.29. The molecule has 9 nitrogen and oxygen atoms in total. The van der Waals surface area contributed by atoms with Gasteiger partial charge in [-0.05, 0) is 18.2 Å². The summed E-state index contributed by atoms with van der Waals surface area (Å²) < 4.78 is 27.5. The molecular formula is C17H24N4O5S. The van der Waals surface area contributed by atoms with Crippen molar-refractivity contribution in [2.75, 3.05) is 27.7 Å².